The van der Waals surface area contributed by atoms with Gasteiger partial charge in [0.05, 0.1) is 0 Å². The number of para-hydroxylation sites is 1. The van der Waals surface area contributed by atoms with Crippen LogP contribution < -0.4 is 4.18 Å². The maximum atomic E-state index is 10.6. The molecule has 0 radical (unpaired) electrons. The summed E-state index contributed by atoms with van der Waals surface area (Å²) < 4.78 is 33.0. The van der Waals surface area contributed by atoms with E-state index >= 15 is 0 Å². The van der Waals surface area contributed by atoms with E-state index in [-0.39, 0.29) is 43.3 Å². The van der Waals surface area contributed by atoms with Crippen LogP contribution in [0.3, 0.4) is 0 Å². The Morgan fingerprint density at radius 3 is 2.27 bits per heavy atom. The van der Waals surface area contributed by atoms with E-state index in [2.05, 4.69) is 4.18 Å². The van der Waals surface area contributed by atoms with Gasteiger partial charge in [-0.3, -0.25) is 4.55 Å². The molecule has 80 valence electrons. The Balaban J connectivity index is 0.00000196. The van der Waals surface area contributed by atoms with Crippen LogP contribution in [0.2, 0.25) is 0 Å². The molecule has 2 N–H and O–H groups in total. The second kappa shape index (κ2) is 5.66. The van der Waals surface area contributed by atoms with Crippen LogP contribution in [0.4, 0.5) is 0 Å². The van der Waals surface area contributed by atoms with Crippen LogP contribution in [0, 0.1) is 0 Å². The molecule has 1 aromatic rings. The molecular formula is C7H8CaO6S. The summed E-state index contributed by atoms with van der Waals surface area (Å²) in [5.41, 5.74) is -0.342. The minimum atomic E-state index is -4.70. The number of benzene rings is 1. The molecule has 0 aliphatic rings. The summed E-state index contributed by atoms with van der Waals surface area (Å²) in [5.74, 6) is -1.77. The molecule has 0 unspecified atom stereocenters. The number of hydrogen-bond acceptors (Lipinski definition) is 4. The summed E-state index contributed by atoms with van der Waals surface area (Å²) in [4.78, 5) is 10.6. The molecule has 6 nitrogen and oxygen atoms in total. The number of rotatable bonds is 3. The van der Waals surface area contributed by atoms with Crippen LogP contribution in [0.1, 0.15) is 10.4 Å². The van der Waals surface area contributed by atoms with Crippen LogP contribution in [0.25, 0.3) is 0 Å². The number of aromatic carboxylic acids is 1. The van der Waals surface area contributed by atoms with Gasteiger partial charge in [-0.05, 0) is 12.1 Å². The van der Waals surface area contributed by atoms with Gasteiger partial charge < -0.3 is 9.29 Å². The predicted molar refractivity (Wildman–Crippen MR) is 54.1 cm³/mol. The van der Waals surface area contributed by atoms with E-state index in [1.54, 1.807) is 0 Å². The maximum absolute atomic E-state index is 10.6. The average Bonchev–Trinajstić information content (AvgIpc) is 2.01. The zero-order chi connectivity index (χ0) is 10.8. The summed E-state index contributed by atoms with van der Waals surface area (Å²) >= 11 is 0. The Morgan fingerprint density at radius 1 is 1.27 bits per heavy atom. The van der Waals surface area contributed by atoms with Crippen molar-refractivity contribution in [3.8, 4) is 5.75 Å². The van der Waals surface area contributed by atoms with Crippen molar-refractivity contribution in [2.75, 3.05) is 0 Å². The molecule has 1 rings (SSSR count). The van der Waals surface area contributed by atoms with Crippen molar-refractivity contribution in [3.63, 3.8) is 0 Å². The van der Waals surface area contributed by atoms with Gasteiger partial charge in [0.1, 0.15) is 5.56 Å². The normalized spacial score (nSPS) is 10.2. The second-order valence-corrected chi connectivity index (χ2v) is 3.33. The third-order valence-corrected chi connectivity index (χ3v) is 1.70. The van der Waals surface area contributed by atoms with E-state index in [9.17, 15) is 13.2 Å². The fraction of sp³-hybridized carbons (Fsp3) is 0. The van der Waals surface area contributed by atoms with Gasteiger partial charge in [-0.15, -0.1) is 0 Å². The van der Waals surface area contributed by atoms with Gasteiger partial charge in [0.2, 0.25) is 0 Å². The topological polar surface area (TPSA) is 101 Å². The van der Waals surface area contributed by atoms with Crippen molar-refractivity contribution in [1.82, 2.24) is 0 Å². The summed E-state index contributed by atoms with van der Waals surface area (Å²) in [7, 11) is -4.70. The molecule has 0 saturated heterocycles. The fourth-order valence-corrected chi connectivity index (χ4v) is 1.20. The molecule has 15 heavy (non-hydrogen) atoms. The van der Waals surface area contributed by atoms with E-state index in [0.29, 0.717) is 0 Å². The molecule has 0 aromatic heterocycles. The molecule has 1 aromatic carbocycles. The first kappa shape index (κ1) is 14.7. The van der Waals surface area contributed by atoms with Gasteiger partial charge in [-0.1, -0.05) is 12.1 Å². The van der Waals surface area contributed by atoms with Crippen molar-refractivity contribution in [2.45, 2.75) is 0 Å². The van der Waals surface area contributed by atoms with Crippen LogP contribution in [-0.2, 0) is 10.4 Å². The molecule has 0 aliphatic heterocycles. The van der Waals surface area contributed by atoms with Crippen molar-refractivity contribution in [1.29, 1.82) is 0 Å². The van der Waals surface area contributed by atoms with Crippen LogP contribution >= 0.6 is 0 Å². The van der Waals surface area contributed by atoms with E-state index < -0.39 is 22.1 Å². The van der Waals surface area contributed by atoms with Crippen molar-refractivity contribution >= 4 is 54.1 Å². The predicted octanol–water partition coefficient (Wildman–Crippen LogP) is -0.350. The van der Waals surface area contributed by atoms with Gasteiger partial charge in [0.25, 0.3) is 0 Å². The van der Waals surface area contributed by atoms with Crippen LogP contribution in [-0.4, -0.2) is 61.8 Å². The van der Waals surface area contributed by atoms with Crippen LogP contribution in [0.5, 0.6) is 5.75 Å². The summed E-state index contributed by atoms with van der Waals surface area (Å²) in [6.07, 6.45) is 0. The number of carboxylic acid groups (broad SMARTS) is 1. The Bertz CT molecular complexity index is 454. The van der Waals surface area contributed by atoms with Gasteiger partial charge in [-0.25, -0.2) is 4.79 Å². The Labute approximate surface area is 116 Å². The summed E-state index contributed by atoms with van der Waals surface area (Å²) in [6, 6.07) is 5.06. The molecule has 0 amide bonds. The monoisotopic (exact) mass is 260 g/mol. The zero-order valence-electron chi connectivity index (χ0n) is 6.75. The quantitative estimate of drug-likeness (QED) is 0.569. The van der Waals surface area contributed by atoms with Gasteiger partial charge >= 0.3 is 54.1 Å². The molecule has 0 bridgehead atoms. The third kappa shape index (κ3) is 4.80. The number of carbonyl (C=O) groups is 1. The summed E-state index contributed by atoms with van der Waals surface area (Å²) in [6.45, 7) is 0. The van der Waals surface area contributed by atoms with E-state index in [0.717, 1.165) is 12.1 Å². The van der Waals surface area contributed by atoms with Gasteiger partial charge in [0, 0.05) is 0 Å². The first-order chi connectivity index (χ1) is 6.40. The molecule has 0 heterocycles. The number of carboxylic acids is 1. The van der Waals surface area contributed by atoms with E-state index in [1.807, 2.05) is 0 Å². The Hall–Kier alpha value is -0.340. The first-order valence-corrected chi connectivity index (χ1v) is 4.76. The molecule has 0 atom stereocenters. The van der Waals surface area contributed by atoms with E-state index in [1.165, 1.54) is 12.1 Å². The standard InChI is InChI=1S/C7H6O6S.Ca.2H/c8-7(9)5-3-1-2-4-6(5)13-14(10,11)12;;;/h1-4H,(H,8,9)(H,10,11,12);;;. The number of hydrogen-bond donors (Lipinski definition) is 2. The van der Waals surface area contributed by atoms with Gasteiger partial charge in [0.15, 0.2) is 5.75 Å². The molecule has 0 fully saturated rings. The summed E-state index contributed by atoms with van der Waals surface area (Å²) in [5, 5.41) is 8.61. The zero-order valence-corrected chi connectivity index (χ0v) is 7.56. The molecule has 0 saturated carbocycles. The molecule has 0 aliphatic carbocycles. The Morgan fingerprint density at radius 2 is 1.80 bits per heavy atom. The van der Waals surface area contributed by atoms with Gasteiger partial charge in [-0.2, -0.15) is 8.42 Å². The minimum absolute atomic E-state index is 0. The van der Waals surface area contributed by atoms with Crippen molar-refractivity contribution in [2.24, 2.45) is 0 Å². The fourth-order valence-electron chi connectivity index (χ4n) is 0.829. The second-order valence-electron chi connectivity index (χ2n) is 2.31. The van der Waals surface area contributed by atoms with Crippen molar-refractivity contribution < 1.29 is 27.1 Å². The first-order valence-electron chi connectivity index (χ1n) is 3.39. The SMILES string of the molecule is O=C(O)c1ccccc1OS(=O)(=O)O.[CaH2]. The third-order valence-electron chi connectivity index (χ3n) is 1.31. The van der Waals surface area contributed by atoms with Crippen molar-refractivity contribution in [3.05, 3.63) is 29.8 Å². The molecule has 0 spiro atoms. The molecule has 8 heteroatoms. The van der Waals surface area contributed by atoms with Crippen LogP contribution in [0.15, 0.2) is 24.3 Å². The molecular weight excluding hydrogens is 252 g/mol. The average molecular weight is 260 g/mol. The Kier molecular flexibility index (Phi) is 5.54. The van der Waals surface area contributed by atoms with E-state index in [4.69, 9.17) is 9.66 Å².